The Kier molecular flexibility index (Phi) is 5.82. The molecule has 0 radical (unpaired) electrons. The van der Waals surface area contributed by atoms with Crippen LogP contribution in [0.5, 0.6) is 0 Å². The molecule has 0 bridgehead atoms. The monoisotopic (exact) mass is 297 g/mol. The molecule has 9 heteroatoms. The lowest BCUT2D eigenvalue weighted by Gasteiger charge is -2.20. The zero-order valence-corrected chi connectivity index (χ0v) is 12.2. The third kappa shape index (κ3) is 5.21. The molecule has 1 aromatic heterocycles. The Morgan fingerprint density at radius 2 is 2.05 bits per heavy atom. The van der Waals surface area contributed by atoms with E-state index in [2.05, 4.69) is 20.9 Å². The molecule has 1 heterocycles. The van der Waals surface area contributed by atoms with E-state index in [0.717, 1.165) is 0 Å². The van der Waals surface area contributed by atoms with Crippen LogP contribution >= 0.6 is 0 Å². The molecule has 9 nitrogen and oxygen atoms in total. The third-order valence-electron chi connectivity index (χ3n) is 2.71. The predicted octanol–water partition coefficient (Wildman–Crippen LogP) is -0.747. The summed E-state index contributed by atoms with van der Waals surface area (Å²) < 4.78 is 1.33. The van der Waals surface area contributed by atoms with E-state index in [1.54, 1.807) is 0 Å². The lowest BCUT2D eigenvalue weighted by molar-refractivity contribution is -0.129. The summed E-state index contributed by atoms with van der Waals surface area (Å²) in [5.74, 6) is -1.76. The lowest BCUT2D eigenvalue weighted by Crippen LogP contribution is -2.49. The van der Waals surface area contributed by atoms with Crippen LogP contribution < -0.4 is 10.6 Å². The summed E-state index contributed by atoms with van der Waals surface area (Å²) in [7, 11) is 0. The molecule has 0 saturated carbocycles. The first-order chi connectivity index (χ1) is 9.81. The van der Waals surface area contributed by atoms with Gasteiger partial charge in [0.2, 0.25) is 11.8 Å². The topological polar surface area (TPSA) is 126 Å². The second-order valence-corrected chi connectivity index (χ2v) is 4.89. The molecule has 0 aromatic carbocycles. The summed E-state index contributed by atoms with van der Waals surface area (Å²) in [5.41, 5.74) is -0.153. The number of nitrogens with zero attached hydrogens (tertiary/aromatic N) is 3. The number of carbonyl (C=O) groups is 3. The van der Waals surface area contributed by atoms with Crippen LogP contribution in [0.3, 0.4) is 0 Å². The molecule has 3 N–H and O–H groups in total. The number of hydrogen-bond acceptors (Lipinski definition) is 5. The minimum absolute atomic E-state index is 0.0427. The van der Waals surface area contributed by atoms with Crippen molar-refractivity contribution < 1.29 is 19.5 Å². The van der Waals surface area contributed by atoms with E-state index >= 15 is 0 Å². The minimum Gasteiger partial charge on any atom is -0.476 e. The highest BCUT2D eigenvalue weighted by atomic mass is 16.4. The van der Waals surface area contributed by atoms with Gasteiger partial charge in [-0.3, -0.25) is 9.59 Å². The number of carboxylic acids is 1. The van der Waals surface area contributed by atoms with E-state index in [0.29, 0.717) is 0 Å². The number of rotatable bonds is 7. The molecule has 1 unspecified atom stereocenters. The van der Waals surface area contributed by atoms with Crippen molar-refractivity contribution >= 4 is 17.8 Å². The third-order valence-corrected chi connectivity index (χ3v) is 2.71. The average Bonchev–Trinajstić information content (AvgIpc) is 2.84. The molecule has 1 atom stereocenters. The van der Waals surface area contributed by atoms with Crippen molar-refractivity contribution in [3.8, 4) is 0 Å². The van der Waals surface area contributed by atoms with Gasteiger partial charge < -0.3 is 15.7 Å². The molecule has 0 aliphatic carbocycles. The normalized spacial score (nSPS) is 12.0. The number of aromatic carboxylic acids is 1. The van der Waals surface area contributed by atoms with E-state index in [4.69, 9.17) is 5.11 Å². The Balaban J connectivity index is 2.47. The number of amides is 2. The van der Waals surface area contributed by atoms with Crippen molar-refractivity contribution in [3.63, 3.8) is 0 Å². The fourth-order valence-electron chi connectivity index (χ4n) is 1.66. The summed E-state index contributed by atoms with van der Waals surface area (Å²) in [6.45, 7) is 5.56. The molecule has 0 spiro atoms. The van der Waals surface area contributed by atoms with Gasteiger partial charge in [0.1, 0.15) is 6.04 Å². The summed E-state index contributed by atoms with van der Waals surface area (Å²) in [5, 5.41) is 21.0. The standard InChI is InChI=1S/C12H19N5O4/c1-7(2)10(14-8(3)18)11(19)13-4-5-17-6-9(12(20)21)15-16-17/h6-7,10H,4-5H2,1-3H3,(H,13,19)(H,14,18)(H,20,21). The van der Waals surface area contributed by atoms with Gasteiger partial charge in [-0.05, 0) is 5.92 Å². The fourth-order valence-corrected chi connectivity index (χ4v) is 1.66. The zero-order valence-electron chi connectivity index (χ0n) is 12.2. The molecule has 0 aliphatic heterocycles. The highest BCUT2D eigenvalue weighted by molar-refractivity contribution is 5.87. The Bertz CT molecular complexity index is 525. The quantitative estimate of drug-likeness (QED) is 0.608. The molecular weight excluding hydrogens is 278 g/mol. The van der Waals surface area contributed by atoms with Gasteiger partial charge in [0.15, 0.2) is 5.69 Å². The van der Waals surface area contributed by atoms with Gasteiger partial charge in [0, 0.05) is 13.5 Å². The Morgan fingerprint density at radius 1 is 1.38 bits per heavy atom. The van der Waals surface area contributed by atoms with Crippen molar-refractivity contribution in [2.45, 2.75) is 33.4 Å². The van der Waals surface area contributed by atoms with Crippen molar-refractivity contribution in [1.82, 2.24) is 25.6 Å². The maximum Gasteiger partial charge on any atom is 0.358 e. The van der Waals surface area contributed by atoms with E-state index in [1.807, 2.05) is 13.8 Å². The van der Waals surface area contributed by atoms with E-state index in [9.17, 15) is 14.4 Å². The van der Waals surface area contributed by atoms with Gasteiger partial charge in [-0.15, -0.1) is 5.10 Å². The van der Waals surface area contributed by atoms with Crippen LogP contribution in [0.1, 0.15) is 31.3 Å². The number of aromatic nitrogens is 3. The lowest BCUT2D eigenvalue weighted by atomic mass is 10.0. The van der Waals surface area contributed by atoms with Crippen LogP contribution in [0.25, 0.3) is 0 Å². The van der Waals surface area contributed by atoms with Crippen LogP contribution in [0, 0.1) is 5.92 Å². The predicted molar refractivity (Wildman–Crippen MR) is 72.4 cm³/mol. The number of nitrogens with one attached hydrogen (secondary N) is 2. The zero-order chi connectivity index (χ0) is 16.0. The van der Waals surface area contributed by atoms with Crippen molar-refractivity contribution in [1.29, 1.82) is 0 Å². The molecule has 2 amide bonds. The first kappa shape index (κ1) is 16.6. The smallest absolute Gasteiger partial charge is 0.358 e. The van der Waals surface area contributed by atoms with Crippen LogP contribution in [0.4, 0.5) is 0 Å². The average molecular weight is 297 g/mol. The van der Waals surface area contributed by atoms with Gasteiger partial charge in [-0.1, -0.05) is 19.1 Å². The van der Waals surface area contributed by atoms with Crippen LogP contribution in [-0.2, 0) is 16.1 Å². The van der Waals surface area contributed by atoms with Crippen molar-refractivity contribution in [2.75, 3.05) is 6.54 Å². The molecular formula is C12H19N5O4. The van der Waals surface area contributed by atoms with Crippen LogP contribution in [0.2, 0.25) is 0 Å². The summed E-state index contributed by atoms with van der Waals surface area (Å²) >= 11 is 0. The number of carboxylic acid groups (broad SMARTS) is 1. The second kappa shape index (κ2) is 7.36. The number of carbonyl (C=O) groups excluding carboxylic acids is 2. The fraction of sp³-hybridized carbons (Fsp3) is 0.583. The molecule has 0 aliphatic rings. The highest BCUT2D eigenvalue weighted by Gasteiger charge is 2.22. The molecule has 1 rings (SSSR count). The molecule has 1 aromatic rings. The number of hydrogen-bond donors (Lipinski definition) is 3. The maximum atomic E-state index is 12.0. The summed E-state index contributed by atoms with van der Waals surface area (Å²) in [6.07, 6.45) is 1.28. The van der Waals surface area contributed by atoms with Crippen molar-refractivity contribution in [2.24, 2.45) is 5.92 Å². The molecule has 116 valence electrons. The maximum absolute atomic E-state index is 12.0. The van der Waals surface area contributed by atoms with Crippen LogP contribution in [-0.4, -0.2) is 50.5 Å². The summed E-state index contributed by atoms with van der Waals surface area (Å²) in [6, 6.07) is -0.604. The molecule has 0 fully saturated rings. The van der Waals surface area contributed by atoms with E-state index < -0.39 is 12.0 Å². The highest BCUT2D eigenvalue weighted by Crippen LogP contribution is 2.01. The van der Waals surface area contributed by atoms with E-state index in [-0.39, 0.29) is 36.5 Å². The van der Waals surface area contributed by atoms with Gasteiger partial charge in [-0.25, -0.2) is 9.48 Å². The van der Waals surface area contributed by atoms with Gasteiger partial charge >= 0.3 is 5.97 Å². The Morgan fingerprint density at radius 3 is 2.52 bits per heavy atom. The Hall–Kier alpha value is -2.45. The van der Waals surface area contributed by atoms with E-state index in [1.165, 1.54) is 17.8 Å². The first-order valence-electron chi connectivity index (χ1n) is 6.49. The first-order valence-corrected chi connectivity index (χ1v) is 6.49. The SMILES string of the molecule is CC(=O)NC(C(=O)NCCn1cc(C(=O)O)nn1)C(C)C. The van der Waals surface area contributed by atoms with Gasteiger partial charge in [0.05, 0.1) is 12.7 Å². The second-order valence-electron chi connectivity index (χ2n) is 4.89. The largest absolute Gasteiger partial charge is 0.476 e. The Labute approximate surface area is 121 Å². The summed E-state index contributed by atoms with van der Waals surface area (Å²) in [4.78, 5) is 33.7. The molecule has 0 saturated heterocycles. The van der Waals surface area contributed by atoms with Gasteiger partial charge in [0.25, 0.3) is 0 Å². The van der Waals surface area contributed by atoms with Gasteiger partial charge in [-0.2, -0.15) is 0 Å². The van der Waals surface area contributed by atoms with Crippen molar-refractivity contribution in [3.05, 3.63) is 11.9 Å². The minimum atomic E-state index is -1.16. The molecule has 21 heavy (non-hydrogen) atoms. The van der Waals surface area contributed by atoms with Crippen LogP contribution in [0.15, 0.2) is 6.20 Å².